The highest BCUT2D eigenvalue weighted by atomic mass is 32.2. The number of benzene rings is 2. The van der Waals surface area contributed by atoms with Gasteiger partial charge in [0.25, 0.3) is 5.89 Å². The number of rotatable bonds is 6. The van der Waals surface area contributed by atoms with Crippen LogP contribution in [0.25, 0.3) is 23.5 Å². The molecule has 3 rings (SSSR count). The molecule has 2 aromatic carbocycles. The zero-order valence-electron chi connectivity index (χ0n) is 14.2. The SMILES string of the molecule is COc1ccccc1/C=C/c1nc(-c2ccc(NS(C)(=O)=O)cc2)no1. The Morgan fingerprint density at radius 1 is 1.08 bits per heavy atom. The molecule has 0 atom stereocenters. The smallest absolute Gasteiger partial charge is 0.250 e. The van der Waals surface area contributed by atoms with Crippen LogP contribution in [0.5, 0.6) is 5.75 Å². The topological polar surface area (TPSA) is 94.3 Å². The number of para-hydroxylation sites is 1. The molecule has 0 amide bonds. The maximum absolute atomic E-state index is 11.2. The van der Waals surface area contributed by atoms with Crippen molar-refractivity contribution in [1.29, 1.82) is 0 Å². The van der Waals surface area contributed by atoms with Crippen molar-refractivity contribution in [3.05, 3.63) is 60.0 Å². The Hall–Kier alpha value is -3.13. The van der Waals surface area contributed by atoms with Crippen LogP contribution < -0.4 is 9.46 Å². The van der Waals surface area contributed by atoms with Gasteiger partial charge in [0.2, 0.25) is 15.8 Å². The average Bonchev–Trinajstić information content (AvgIpc) is 3.08. The lowest BCUT2D eigenvalue weighted by molar-refractivity contribution is 0.411. The predicted octanol–water partition coefficient (Wildman–Crippen LogP) is 3.29. The van der Waals surface area contributed by atoms with Crippen LogP contribution in [0.15, 0.2) is 53.1 Å². The molecule has 0 fully saturated rings. The molecule has 1 heterocycles. The van der Waals surface area contributed by atoms with E-state index in [0.29, 0.717) is 23.0 Å². The summed E-state index contributed by atoms with van der Waals surface area (Å²) in [6.07, 6.45) is 4.63. The number of hydrogen-bond acceptors (Lipinski definition) is 6. The third kappa shape index (κ3) is 4.48. The molecule has 0 bridgehead atoms. The molecule has 0 aliphatic heterocycles. The average molecular weight is 371 g/mol. The van der Waals surface area contributed by atoms with Gasteiger partial charge in [0, 0.05) is 22.9 Å². The van der Waals surface area contributed by atoms with Gasteiger partial charge in [0.15, 0.2) is 0 Å². The second-order valence-electron chi connectivity index (χ2n) is 5.48. The number of hydrogen-bond donors (Lipinski definition) is 1. The van der Waals surface area contributed by atoms with Gasteiger partial charge in [-0.15, -0.1) is 0 Å². The number of anilines is 1. The van der Waals surface area contributed by atoms with Crippen molar-refractivity contribution in [1.82, 2.24) is 10.1 Å². The van der Waals surface area contributed by atoms with E-state index in [4.69, 9.17) is 9.26 Å². The molecule has 3 aromatic rings. The van der Waals surface area contributed by atoms with E-state index < -0.39 is 10.0 Å². The van der Waals surface area contributed by atoms with Crippen molar-refractivity contribution < 1.29 is 17.7 Å². The molecule has 26 heavy (non-hydrogen) atoms. The first-order chi connectivity index (χ1) is 12.4. The van der Waals surface area contributed by atoms with E-state index in [2.05, 4.69) is 14.9 Å². The van der Waals surface area contributed by atoms with Crippen LogP contribution in [0, 0.1) is 0 Å². The third-order valence-electron chi connectivity index (χ3n) is 3.43. The summed E-state index contributed by atoms with van der Waals surface area (Å²) in [6, 6.07) is 14.3. The first kappa shape index (κ1) is 17.7. The van der Waals surface area contributed by atoms with E-state index in [1.165, 1.54) is 0 Å². The quantitative estimate of drug-likeness (QED) is 0.714. The molecule has 0 aliphatic rings. The fourth-order valence-electron chi connectivity index (χ4n) is 2.29. The van der Waals surface area contributed by atoms with Crippen molar-refractivity contribution in [2.24, 2.45) is 0 Å². The Morgan fingerprint density at radius 3 is 2.50 bits per heavy atom. The minimum Gasteiger partial charge on any atom is -0.496 e. The molecule has 1 aromatic heterocycles. The van der Waals surface area contributed by atoms with Crippen LogP contribution in [-0.4, -0.2) is 31.9 Å². The molecule has 134 valence electrons. The Balaban J connectivity index is 1.76. The molecule has 0 saturated carbocycles. The van der Waals surface area contributed by atoms with E-state index in [0.717, 1.165) is 17.6 Å². The lowest BCUT2D eigenvalue weighted by Gasteiger charge is -2.03. The molecular weight excluding hydrogens is 354 g/mol. The summed E-state index contributed by atoms with van der Waals surface area (Å²) in [5.74, 6) is 1.51. The minimum absolute atomic E-state index is 0.351. The summed E-state index contributed by atoms with van der Waals surface area (Å²) in [6.45, 7) is 0. The van der Waals surface area contributed by atoms with Crippen LogP contribution in [0.4, 0.5) is 5.69 Å². The minimum atomic E-state index is -3.31. The van der Waals surface area contributed by atoms with Crippen LogP contribution in [-0.2, 0) is 10.0 Å². The van der Waals surface area contributed by atoms with Gasteiger partial charge in [-0.25, -0.2) is 8.42 Å². The number of nitrogens with one attached hydrogen (secondary N) is 1. The van der Waals surface area contributed by atoms with E-state index in [-0.39, 0.29) is 0 Å². The van der Waals surface area contributed by atoms with Crippen LogP contribution >= 0.6 is 0 Å². The molecule has 0 unspecified atom stereocenters. The van der Waals surface area contributed by atoms with Gasteiger partial charge in [-0.3, -0.25) is 4.72 Å². The molecule has 0 spiro atoms. The highest BCUT2D eigenvalue weighted by Crippen LogP contribution is 2.22. The van der Waals surface area contributed by atoms with Crippen LogP contribution in [0.1, 0.15) is 11.5 Å². The van der Waals surface area contributed by atoms with Gasteiger partial charge < -0.3 is 9.26 Å². The Morgan fingerprint density at radius 2 is 1.81 bits per heavy atom. The molecule has 8 heteroatoms. The van der Waals surface area contributed by atoms with Gasteiger partial charge in [-0.2, -0.15) is 4.98 Å². The lowest BCUT2D eigenvalue weighted by Crippen LogP contribution is -2.09. The normalized spacial score (nSPS) is 11.6. The second kappa shape index (κ2) is 7.40. The Kier molecular flexibility index (Phi) is 5.04. The van der Waals surface area contributed by atoms with Crippen molar-refractivity contribution >= 4 is 27.9 Å². The van der Waals surface area contributed by atoms with Gasteiger partial charge in [0.05, 0.1) is 13.4 Å². The van der Waals surface area contributed by atoms with Crippen LogP contribution in [0.3, 0.4) is 0 Å². The highest BCUT2D eigenvalue weighted by molar-refractivity contribution is 7.92. The zero-order chi connectivity index (χ0) is 18.6. The highest BCUT2D eigenvalue weighted by Gasteiger charge is 2.08. The maximum Gasteiger partial charge on any atom is 0.250 e. The largest absolute Gasteiger partial charge is 0.496 e. The predicted molar refractivity (Wildman–Crippen MR) is 100 cm³/mol. The van der Waals surface area contributed by atoms with Gasteiger partial charge in [-0.05, 0) is 36.4 Å². The molecular formula is C18H17N3O4S. The fraction of sp³-hybridized carbons (Fsp3) is 0.111. The Bertz CT molecular complexity index is 1020. The lowest BCUT2D eigenvalue weighted by atomic mass is 10.2. The zero-order valence-corrected chi connectivity index (χ0v) is 15.0. The van der Waals surface area contributed by atoms with Crippen molar-refractivity contribution in [2.75, 3.05) is 18.1 Å². The maximum atomic E-state index is 11.2. The van der Waals surface area contributed by atoms with E-state index in [1.807, 2.05) is 30.3 Å². The number of aromatic nitrogens is 2. The van der Waals surface area contributed by atoms with E-state index in [1.54, 1.807) is 37.5 Å². The van der Waals surface area contributed by atoms with Crippen molar-refractivity contribution in [2.45, 2.75) is 0 Å². The summed E-state index contributed by atoms with van der Waals surface area (Å²) >= 11 is 0. The van der Waals surface area contributed by atoms with Gasteiger partial charge in [-0.1, -0.05) is 23.4 Å². The van der Waals surface area contributed by atoms with Gasteiger partial charge >= 0.3 is 0 Å². The number of methoxy groups -OCH3 is 1. The molecule has 0 saturated heterocycles. The second-order valence-corrected chi connectivity index (χ2v) is 7.23. The summed E-state index contributed by atoms with van der Waals surface area (Å²) in [5.41, 5.74) is 2.08. The van der Waals surface area contributed by atoms with Crippen molar-refractivity contribution in [3.63, 3.8) is 0 Å². The van der Waals surface area contributed by atoms with E-state index >= 15 is 0 Å². The first-order valence-corrected chi connectivity index (χ1v) is 9.57. The third-order valence-corrected chi connectivity index (χ3v) is 4.04. The van der Waals surface area contributed by atoms with Gasteiger partial charge in [0.1, 0.15) is 5.75 Å². The number of sulfonamides is 1. The van der Waals surface area contributed by atoms with E-state index in [9.17, 15) is 8.42 Å². The standard InChI is InChI=1S/C18H17N3O4S/c1-24-16-6-4-3-5-13(16)9-12-17-19-18(20-25-17)14-7-10-15(11-8-14)21-26(2,22)23/h3-12,21H,1-2H3/b12-9+. The Labute approximate surface area is 151 Å². The molecule has 0 radical (unpaired) electrons. The molecule has 1 N–H and O–H groups in total. The molecule has 7 nitrogen and oxygen atoms in total. The monoisotopic (exact) mass is 371 g/mol. The van der Waals surface area contributed by atoms with Crippen molar-refractivity contribution in [3.8, 4) is 17.1 Å². The summed E-state index contributed by atoms with van der Waals surface area (Å²) < 4.78 is 35.4. The summed E-state index contributed by atoms with van der Waals surface area (Å²) in [5, 5.41) is 3.94. The first-order valence-electron chi connectivity index (χ1n) is 7.67. The molecule has 0 aliphatic carbocycles. The fourth-order valence-corrected chi connectivity index (χ4v) is 2.85. The number of nitrogens with zero attached hydrogens (tertiary/aromatic N) is 2. The van der Waals surface area contributed by atoms with Crippen LogP contribution in [0.2, 0.25) is 0 Å². The number of ether oxygens (including phenoxy) is 1. The summed E-state index contributed by atoms with van der Waals surface area (Å²) in [4.78, 5) is 4.31. The summed E-state index contributed by atoms with van der Waals surface area (Å²) in [7, 11) is -1.70.